The molecule has 3 rings (SSSR count). The van der Waals surface area contributed by atoms with Crippen molar-refractivity contribution in [3.05, 3.63) is 83.5 Å². The lowest BCUT2D eigenvalue weighted by Crippen LogP contribution is -2.38. The highest BCUT2D eigenvalue weighted by Crippen LogP contribution is 2.27. The minimum absolute atomic E-state index is 0.351. The fourth-order valence-corrected chi connectivity index (χ4v) is 3.34. The van der Waals surface area contributed by atoms with Crippen molar-refractivity contribution in [2.75, 3.05) is 20.1 Å². The smallest absolute Gasteiger partial charge is 0.226 e. The Hall–Kier alpha value is -3.15. The van der Waals surface area contributed by atoms with Crippen molar-refractivity contribution in [1.82, 2.24) is 20.8 Å². The lowest BCUT2D eigenvalue weighted by atomic mass is 9.88. The Labute approximate surface area is 172 Å². The largest absolute Gasteiger partial charge is 0.356 e. The zero-order valence-corrected chi connectivity index (χ0v) is 17.1. The highest BCUT2D eigenvalue weighted by atomic mass is 16.5. The van der Waals surface area contributed by atoms with Crippen LogP contribution in [0.2, 0.25) is 0 Å². The molecular formula is C23H29N5O. The Balaban J connectivity index is 1.47. The van der Waals surface area contributed by atoms with E-state index in [1.165, 1.54) is 11.1 Å². The van der Waals surface area contributed by atoms with Gasteiger partial charge in [0.2, 0.25) is 5.89 Å². The van der Waals surface area contributed by atoms with E-state index in [1.807, 2.05) is 6.92 Å². The van der Waals surface area contributed by atoms with E-state index in [-0.39, 0.29) is 0 Å². The summed E-state index contributed by atoms with van der Waals surface area (Å²) >= 11 is 0. The molecule has 0 fully saturated rings. The van der Waals surface area contributed by atoms with Crippen LogP contribution in [-0.4, -0.2) is 36.2 Å². The average molecular weight is 392 g/mol. The molecule has 6 nitrogen and oxygen atoms in total. The highest BCUT2D eigenvalue weighted by Gasteiger charge is 2.13. The predicted octanol–water partition coefficient (Wildman–Crippen LogP) is 3.70. The van der Waals surface area contributed by atoms with E-state index in [9.17, 15) is 0 Å². The number of hydrogen-bond acceptors (Lipinski definition) is 4. The summed E-state index contributed by atoms with van der Waals surface area (Å²) in [4.78, 5) is 8.54. The van der Waals surface area contributed by atoms with Crippen molar-refractivity contribution in [2.45, 2.75) is 32.1 Å². The summed E-state index contributed by atoms with van der Waals surface area (Å²) < 4.78 is 5.14. The van der Waals surface area contributed by atoms with E-state index in [1.54, 1.807) is 7.05 Å². The van der Waals surface area contributed by atoms with E-state index >= 15 is 0 Å². The molecule has 0 spiro atoms. The van der Waals surface area contributed by atoms with E-state index in [2.05, 4.69) is 86.4 Å². The molecule has 2 N–H and O–H groups in total. The average Bonchev–Trinajstić information content (AvgIpc) is 3.19. The van der Waals surface area contributed by atoms with Crippen molar-refractivity contribution in [3.63, 3.8) is 0 Å². The van der Waals surface area contributed by atoms with Gasteiger partial charge in [-0.15, -0.1) is 0 Å². The van der Waals surface area contributed by atoms with E-state index < -0.39 is 0 Å². The van der Waals surface area contributed by atoms with Crippen LogP contribution in [0.4, 0.5) is 0 Å². The maximum atomic E-state index is 5.14. The van der Waals surface area contributed by atoms with Gasteiger partial charge in [-0.25, -0.2) is 0 Å². The second kappa shape index (κ2) is 11.0. The predicted molar refractivity (Wildman–Crippen MR) is 116 cm³/mol. The zero-order chi connectivity index (χ0) is 20.3. The molecule has 0 radical (unpaired) electrons. The lowest BCUT2D eigenvalue weighted by Gasteiger charge is -2.19. The van der Waals surface area contributed by atoms with E-state index in [4.69, 9.17) is 4.52 Å². The molecule has 0 unspecified atom stereocenters. The van der Waals surface area contributed by atoms with Crippen LogP contribution in [0.5, 0.6) is 0 Å². The second-order valence-corrected chi connectivity index (χ2v) is 6.93. The summed E-state index contributed by atoms with van der Waals surface area (Å²) in [5.74, 6) is 2.52. The molecule has 0 saturated heterocycles. The minimum Gasteiger partial charge on any atom is -0.356 e. The first-order valence-corrected chi connectivity index (χ1v) is 10.1. The third-order valence-corrected chi connectivity index (χ3v) is 4.78. The molecule has 0 amide bonds. The van der Waals surface area contributed by atoms with Crippen LogP contribution in [0.3, 0.4) is 0 Å². The Bertz CT molecular complexity index is 837. The first kappa shape index (κ1) is 20.6. The molecule has 0 atom stereocenters. The van der Waals surface area contributed by atoms with Crippen LogP contribution >= 0.6 is 0 Å². The van der Waals surface area contributed by atoms with Crippen molar-refractivity contribution in [3.8, 4) is 0 Å². The molecule has 0 aliphatic heterocycles. The van der Waals surface area contributed by atoms with Crippen LogP contribution in [0.1, 0.15) is 41.6 Å². The van der Waals surface area contributed by atoms with Gasteiger partial charge in [0.1, 0.15) is 0 Å². The van der Waals surface area contributed by atoms with Gasteiger partial charge in [0.05, 0.1) is 0 Å². The number of aryl methyl sites for hydroxylation is 2. The van der Waals surface area contributed by atoms with Crippen molar-refractivity contribution in [2.24, 2.45) is 4.99 Å². The topological polar surface area (TPSA) is 75.3 Å². The van der Waals surface area contributed by atoms with Crippen LogP contribution < -0.4 is 10.6 Å². The number of hydrogen-bond donors (Lipinski definition) is 2. The van der Waals surface area contributed by atoms with Gasteiger partial charge < -0.3 is 15.2 Å². The molecule has 0 aliphatic carbocycles. The summed E-state index contributed by atoms with van der Waals surface area (Å²) in [7, 11) is 1.79. The second-order valence-electron chi connectivity index (χ2n) is 6.93. The van der Waals surface area contributed by atoms with Crippen LogP contribution in [-0.2, 0) is 6.42 Å². The van der Waals surface area contributed by atoms with Gasteiger partial charge in [-0.05, 0) is 30.9 Å². The summed E-state index contributed by atoms with van der Waals surface area (Å²) in [6, 6.07) is 21.3. The molecule has 29 heavy (non-hydrogen) atoms. The number of aliphatic imine (C=N–C) groups is 1. The molecule has 6 heteroatoms. The molecular weight excluding hydrogens is 362 g/mol. The Morgan fingerprint density at radius 2 is 1.59 bits per heavy atom. The van der Waals surface area contributed by atoms with Gasteiger partial charge in [0.25, 0.3) is 0 Å². The maximum Gasteiger partial charge on any atom is 0.226 e. The van der Waals surface area contributed by atoms with Crippen LogP contribution in [0.25, 0.3) is 0 Å². The number of nitrogens with one attached hydrogen (secondary N) is 2. The highest BCUT2D eigenvalue weighted by molar-refractivity contribution is 5.79. The summed E-state index contributed by atoms with van der Waals surface area (Å²) in [6.45, 7) is 3.45. The number of nitrogens with zero attached hydrogens (tertiary/aromatic N) is 3. The van der Waals surface area contributed by atoms with Gasteiger partial charge in [-0.3, -0.25) is 4.99 Å². The first-order chi connectivity index (χ1) is 14.3. The summed E-state index contributed by atoms with van der Waals surface area (Å²) in [5.41, 5.74) is 2.66. The number of benzene rings is 2. The quantitative estimate of drug-likeness (QED) is 0.330. The van der Waals surface area contributed by atoms with E-state index in [0.29, 0.717) is 17.6 Å². The monoisotopic (exact) mass is 391 g/mol. The molecule has 0 bridgehead atoms. The zero-order valence-electron chi connectivity index (χ0n) is 17.1. The molecule has 0 aliphatic rings. The molecule has 152 valence electrons. The number of rotatable bonds is 9. The molecule has 1 heterocycles. The third-order valence-electron chi connectivity index (χ3n) is 4.78. The molecule has 2 aromatic carbocycles. The van der Waals surface area contributed by atoms with Crippen LogP contribution in [0, 0.1) is 6.92 Å². The standard InChI is InChI=1S/C23H29N5O/c1-18-27-22(29-28-18)14-9-16-25-23(24-2)26-17-15-21(19-10-5-3-6-11-19)20-12-7-4-8-13-20/h3-8,10-13,21H,9,14-17H2,1-2H3,(H2,24,25,26). The Morgan fingerprint density at radius 1 is 0.966 bits per heavy atom. The first-order valence-electron chi connectivity index (χ1n) is 10.1. The van der Waals surface area contributed by atoms with Crippen molar-refractivity contribution >= 4 is 5.96 Å². The summed E-state index contributed by atoms with van der Waals surface area (Å²) in [6.07, 6.45) is 2.64. The van der Waals surface area contributed by atoms with Gasteiger partial charge in [0.15, 0.2) is 11.8 Å². The van der Waals surface area contributed by atoms with Crippen LogP contribution in [0.15, 0.2) is 70.2 Å². The van der Waals surface area contributed by atoms with Gasteiger partial charge in [-0.2, -0.15) is 4.98 Å². The molecule has 1 aromatic heterocycles. The minimum atomic E-state index is 0.351. The Morgan fingerprint density at radius 3 is 2.14 bits per heavy atom. The maximum absolute atomic E-state index is 5.14. The SMILES string of the molecule is CN=C(NCCCc1nc(C)no1)NCCC(c1ccccc1)c1ccccc1. The fourth-order valence-electron chi connectivity index (χ4n) is 3.34. The Kier molecular flexibility index (Phi) is 7.81. The fraction of sp³-hybridized carbons (Fsp3) is 0.348. The van der Waals surface area contributed by atoms with E-state index in [0.717, 1.165) is 38.3 Å². The normalized spacial score (nSPS) is 11.6. The van der Waals surface area contributed by atoms with Gasteiger partial charge in [-0.1, -0.05) is 65.8 Å². The number of aromatic nitrogens is 2. The van der Waals surface area contributed by atoms with Gasteiger partial charge >= 0.3 is 0 Å². The third kappa shape index (κ3) is 6.45. The summed E-state index contributed by atoms with van der Waals surface area (Å²) in [5, 5.41) is 10.6. The molecule has 3 aromatic rings. The lowest BCUT2D eigenvalue weighted by molar-refractivity contribution is 0.372. The number of guanidine groups is 1. The van der Waals surface area contributed by atoms with Crippen molar-refractivity contribution < 1.29 is 4.52 Å². The van der Waals surface area contributed by atoms with Gasteiger partial charge in [0, 0.05) is 32.5 Å². The van der Waals surface area contributed by atoms with Crippen molar-refractivity contribution in [1.29, 1.82) is 0 Å². The molecule has 0 saturated carbocycles.